The molecule has 3 aromatic rings. The van der Waals surface area contributed by atoms with Crippen molar-refractivity contribution >= 4 is 11.6 Å². The standard InChI is InChI=1S/C24H20N2O4.C2H4/c27-21-13-14-30-22(23(21)28)15-25-19-9-5-17(6-10-19)2-1-16-3-7-18(8-4-16)24(29)26-20-11-12-20;1-2/h3-10,13-14,20,25,28H,11-12,15H2,(H,26,29);1-2H2. The summed E-state index contributed by atoms with van der Waals surface area (Å²) in [5.41, 5.74) is 2.64. The first-order chi connectivity index (χ1) is 15.6. The number of rotatable bonds is 5. The van der Waals surface area contributed by atoms with Crippen molar-refractivity contribution in [2.45, 2.75) is 25.4 Å². The van der Waals surface area contributed by atoms with E-state index in [4.69, 9.17) is 4.42 Å². The van der Waals surface area contributed by atoms with Crippen LogP contribution >= 0.6 is 0 Å². The van der Waals surface area contributed by atoms with E-state index >= 15 is 0 Å². The maximum atomic E-state index is 12.0. The van der Waals surface area contributed by atoms with Crippen LogP contribution in [-0.2, 0) is 6.54 Å². The molecule has 1 fully saturated rings. The van der Waals surface area contributed by atoms with E-state index in [9.17, 15) is 14.7 Å². The van der Waals surface area contributed by atoms with E-state index in [0.717, 1.165) is 29.7 Å². The molecular formula is C26H24N2O4. The predicted molar refractivity (Wildman–Crippen MR) is 125 cm³/mol. The van der Waals surface area contributed by atoms with Gasteiger partial charge in [0.15, 0.2) is 5.76 Å². The first-order valence-corrected chi connectivity index (χ1v) is 10.1. The molecule has 1 aliphatic carbocycles. The molecule has 32 heavy (non-hydrogen) atoms. The van der Waals surface area contributed by atoms with Crippen LogP contribution in [0.25, 0.3) is 0 Å². The summed E-state index contributed by atoms with van der Waals surface area (Å²) in [4.78, 5) is 23.4. The molecule has 162 valence electrons. The van der Waals surface area contributed by atoms with E-state index in [0.29, 0.717) is 11.6 Å². The van der Waals surface area contributed by atoms with Crippen LogP contribution in [-0.4, -0.2) is 17.1 Å². The molecule has 6 nitrogen and oxygen atoms in total. The number of anilines is 1. The third kappa shape index (κ3) is 6.13. The molecule has 4 rings (SSSR count). The fourth-order valence-corrected chi connectivity index (χ4v) is 2.77. The third-order valence-corrected chi connectivity index (χ3v) is 4.68. The largest absolute Gasteiger partial charge is 0.502 e. The minimum absolute atomic E-state index is 0.0387. The molecule has 0 aliphatic heterocycles. The SMILES string of the molecule is C=C.O=C(NC1CC1)c1ccc(C#Cc2ccc(NCc3occc(=O)c3O)cc2)cc1. The van der Waals surface area contributed by atoms with Gasteiger partial charge in [-0.25, -0.2) is 0 Å². The van der Waals surface area contributed by atoms with Gasteiger partial charge in [-0.2, -0.15) is 0 Å². The molecule has 1 aromatic heterocycles. The Hall–Kier alpha value is -4.24. The van der Waals surface area contributed by atoms with Crippen LogP contribution in [0, 0.1) is 11.8 Å². The van der Waals surface area contributed by atoms with E-state index in [2.05, 4.69) is 35.6 Å². The van der Waals surface area contributed by atoms with Gasteiger partial charge < -0.3 is 20.2 Å². The molecule has 1 saturated carbocycles. The van der Waals surface area contributed by atoms with Crippen molar-refractivity contribution in [3.8, 4) is 17.6 Å². The van der Waals surface area contributed by atoms with Gasteiger partial charge >= 0.3 is 0 Å². The summed E-state index contributed by atoms with van der Waals surface area (Å²) in [7, 11) is 0. The normalized spacial score (nSPS) is 11.9. The van der Waals surface area contributed by atoms with Crippen molar-refractivity contribution < 1.29 is 14.3 Å². The van der Waals surface area contributed by atoms with Crippen molar-refractivity contribution in [1.29, 1.82) is 0 Å². The summed E-state index contributed by atoms with van der Waals surface area (Å²) in [6.45, 7) is 6.19. The van der Waals surface area contributed by atoms with Gasteiger partial charge in [0.1, 0.15) is 0 Å². The molecule has 0 spiro atoms. The summed E-state index contributed by atoms with van der Waals surface area (Å²) >= 11 is 0. The second-order valence-electron chi connectivity index (χ2n) is 7.06. The number of hydrogen-bond donors (Lipinski definition) is 3. The average molecular weight is 428 g/mol. The smallest absolute Gasteiger partial charge is 0.251 e. The molecule has 2 aromatic carbocycles. The van der Waals surface area contributed by atoms with Gasteiger partial charge in [-0.1, -0.05) is 11.8 Å². The molecule has 0 bridgehead atoms. The molecule has 0 atom stereocenters. The lowest BCUT2D eigenvalue weighted by Gasteiger charge is -2.06. The first kappa shape index (κ1) is 22.4. The zero-order chi connectivity index (χ0) is 22.9. The number of carbonyl (C=O) groups is 1. The summed E-state index contributed by atoms with van der Waals surface area (Å²) < 4.78 is 5.16. The molecule has 1 aliphatic rings. The molecule has 6 heteroatoms. The number of hydrogen-bond acceptors (Lipinski definition) is 5. The Bertz CT molecular complexity index is 1180. The highest BCUT2D eigenvalue weighted by Crippen LogP contribution is 2.19. The lowest BCUT2D eigenvalue weighted by Crippen LogP contribution is -2.25. The van der Waals surface area contributed by atoms with Crippen molar-refractivity contribution in [2.24, 2.45) is 0 Å². The Morgan fingerprint density at radius 1 is 1.00 bits per heavy atom. The van der Waals surface area contributed by atoms with E-state index in [-0.39, 0.29) is 24.0 Å². The zero-order valence-corrected chi connectivity index (χ0v) is 17.6. The third-order valence-electron chi connectivity index (χ3n) is 4.68. The Morgan fingerprint density at radius 2 is 1.59 bits per heavy atom. The van der Waals surface area contributed by atoms with E-state index in [1.165, 1.54) is 12.3 Å². The fraction of sp³-hybridized carbons (Fsp3) is 0.154. The van der Waals surface area contributed by atoms with Crippen LogP contribution in [0.5, 0.6) is 5.75 Å². The molecule has 0 saturated heterocycles. The monoisotopic (exact) mass is 428 g/mol. The highest BCUT2D eigenvalue weighted by atomic mass is 16.4. The molecule has 0 unspecified atom stereocenters. The predicted octanol–water partition coefficient (Wildman–Crippen LogP) is 4.05. The van der Waals surface area contributed by atoms with Crippen LogP contribution < -0.4 is 16.1 Å². The minimum atomic E-state index is -0.472. The number of nitrogens with one attached hydrogen (secondary N) is 2. The van der Waals surface area contributed by atoms with Crippen LogP contribution in [0.15, 0.2) is 83.2 Å². The zero-order valence-electron chi connectivity index (χ0n) is 17.6. The van der Waals surface area contributed by atoms with E-state index in [1.807, 2.05) is 36.4 Å². The van der Waals surface area contributed by atoms with Gasteiger partial charge in [-0.3, -0.25) is 9.59 Å². The van der Waals surface area contributed by atoms with Crippen molar-refractivity contribution in [2.75, 3.05) is 5.32 Å². The minimum Gasteiger partial charge on any atom is -0.502 e. The highest BCUT2D eigenvalue weighted by Gasteiger charge is 2.23. The van der Waals surface area contributed by atoms with Crippen LogP contribution in [0.2, 0.25) is 0 Å². The molecule has 0 radical (unpaired) electrons. The number of amides is 1. The van der Waals surface area contributed by atoms with Gasteiger partial charge in [0.25, 0.3) is 5.91 Å². The molecule has 3 N–H and O–H groups in total. The maximum absolute atomic E-state index is 12.0. The van der Waals surface area contributed by atoms with Crippen molar-refractivity contribution in [1.82, 2.24) is 5.32 Å². The first-order valence-electron chi connectivity index (χ1n) is 10.1. The highest BCUT2D eigenvalue weighted by molar-refractivity contribution is 5.94. The summed E-state index contributed by atoms with van der Waals surface area (Å²) in [6, 6.07) is 16.2. The van der Waals surface area contributed by atoms with Gasteiger partial charge in [0.2, 0.25) is 11.2 Å². The number of carbonyl (C=O) groups excluding carboxylic acids is 1. The van der Waals surface area contributed by atoms with Crippen molar-refractivity contribution in [3.05, 3.63) is 107 Å². The lowest BCUT2D eigenvalue weighted by atomic mass is 10.1. The summed E-state index contributed by atoms with van der Waals surface area (Å²) in [5, 5.41) is 15.7. The maximum Gasteiger partial charge on any atom is 0.251 e. The quantitative estimate of drug-likeness (QED) is 0.421. The molecular weight excluding hydrogens is 404 g/mol. The van der Waals surface area contributed by atoms with Crippen LogP contribution in [0.1, 0.15) is 40.1 Å². The van der Waals surface area contributed by atoms with Gasteiger partial charge in [0, 0.05) is 34.5 Å². The van der Waals surface area contributed by atoms with Gasteiger partial charge in [-0.15, -0.1) is 13.2 Å². The van der Waals surface area contributed by atoms with Gasteiger partial charge in [-0.05, 0) is 61.4 Å². The Morgan fingerprint density at radius 3 is 2.19 bits per heavy atom. The van der Waals surface area contributed by atoms with E-state index in [1.54, 1.807) is 12.1 Å². The number of benzene rings is 2. The summed E-state index contributed by atoms with van der Waals surface area (Å²) in [6.07, 6.45) is 3.38. The number of aromatic hydroxyl groups is 1. The Kier molecular flexibility index (Phi) is 7.50. The lowest BCUT2D eigenvalue weighted by molar-refractivity contribution is 0.0951. The average Bonchev–Trinajstić information content (AvgIpc) is 3.65. The van der Waals surface area contributed by atoms with Crippen LogP contribution in [0.4, 0.5) is 5.69 Å². The Balaban J connectivity index is 0.00000141. The molecule has 1 heterocycles. The summed E-state index contributed by atoms with van der Waals surface area (Å²) in [5.74, 6) is 5.93. The van der Waals surface area contributed by atoms with Gasteiger partial charge in [0.05, 0.1) is 12.8 Å². The van der Waals surface area contributed by atoms with Crippen molar-refractivity contribution in [3.63, 3.8) is 0 Å². The topological polar surface area (TPSA) is 91.6 Å². The fourth-order valence-electron chi connectivity index (χ4n) is 2.77. The second-order valence-corrected chi connectivity index (χ2v) is 7.06. The van der Waals surface area contributed by atoms with Crippen LogP contribution in [0.3, 0.4) is 0 Å². The van der Waals surface area contributed by atoms with E-state index < -0.39 is 5.43 Å². The second kappa shape index (κ2) is 10.7. The Labute approximate surface area is 186 Å². The molecule has 1 amide bonds.